The number of urea groups is 1. The van der Waals surface area contributed by atoms with E-state index < -0.39 is 12.6 Å². The predicted octanol–water partition coefficient (Wildman–Crippen LogP) is 2.02. The maximum absolute atomic E-state index is 12.6. The van der Waals surface area contributed by atoms with Gasteiger partial charge in [0.2, 0.25) is 5.91 Å². The Bertz CT molecular complexity index is 685. The third kappa shape index (κ3) is 5.12. The van der Waals surface area contributed by atoms with Crippen LogP contribution in [0.15, 0.2) is 24.3 Å². The summed E-state index contributed by atoms with van der Waals surface area (Å²) in [5.41, 5.74) is 0.616. The van der Waals surface area contributed by atoms with Crippen LogP contribution in [-0.4, -0.2) is 65.6 Å². The Morgan fingerprint density at radius 1 is 1.04 bits per heavy atom. The molecule has 1 aromatic rings. The maximum Gasteiger partial charge on any atom is 0.341 e. The Morgan fingerprint density at radius 3 is 2.37 bits per heavy atom. The molecular formula is C19H25N3O5. The van der Waals surface area contributed by atoms with Gasteiger partial charge in [0.25, 0.3) is 0 Å². The van der Waals surface area contributed by atoms with Crippen molar-refractivity contribution in [2.45, 2.75) is 25.7 Å². The van der Waals surface area contributed by atoms with Gasteiger partial charge >= 0.3 is 12.0 Å². The summed E-state index contributed by atoms with van der Waals surface area (Å²) >= 11 is 0. The zero-order valence-corrected chi connectivity index (χ0v) is 15.2. The van der Waals surface area contributed by atoms with E-state index in [1.165, 1.54) is 0 Å². The molecule has 3 amide bonds. The molecule has 8 heteroatoms. The van der Waals surface area contributed by atoms with Crippen LogP contribution in [0.25, 0.3) is 0 Å². The van der Waals surface area contributed by atoms with Crippen LogP contribution in [-0.2, 0) is 9.59 Å². The van der Waals surface area contributed by atoms with Crippen molar-refractivity contribution in [1.29, 1.82) is 0 Å². The summed E-state index contributed by atoms with van der Waals surface area (Å²) in [6.07, 6.45) is 3.68. The average Bonchev–Trinajstić information content (AvgIpc) is 3.21. The molecule has 2 N–H and O–H groups in total. The topological polar surface area (TPSA) is 99.2 Å². The van der Waals surface area contributed by atoms with Gasteiger partial charge in [0.15, 0.2) is 6.61 Å². The normalized spacial score (nSPS) is 19.6. The monoisotopic (exact) mass is 375 g/mol. The second-order valence-corrected chi connectivity index (χ2v) is 6.96. The number of carboxylic acid groups (broad SMARTS) is 1. The largest absolute Gasteiger partial charge is 0.482 e. The van der Waals surface area contributed by atoms with Crippen molar-refractivity contribution in [3.8, 4) is 5.75 Å². The van der Waals surface area contributed by atoms with Crippen molar-refractivity contribution in [3.05, 3.63) is 24.3 Å². The minimum atomic E-state index is -1.04. The smallest absolute Gasteiger partial charge is 0.341 e. The van der Waals surface area contributed by atoms with Gasteiger partial charge in [0.1, 0.15) is 5.75 Å². The van der Waals surface area contributed by atoms with Gasteiger partial charge in [-0.3, -0.25) is 4.79 Å². The fourth-order valence-corrected chi connectivity index (χ4v) is 3.50. The van der Waals surface area contributed by atoms with Crippen LogP contribution in [0.3, 0.4) is 0 Å². The lowest BCUT2D eigenvalue weighted by molar-refractivity contribution is -0.139. The third-order valence-electron chi connectivity index (χ3n) is 4.92. The van der Waals surface area contributed by atoms with Gasteiger partial charge < -0.3 is 25.0 Å². The van der Waals surface area contributed by atoms with Crippen LogP contribution in [0.1, 0.15) is 25.7 Å². The Kier molecular flexibility index (Phi) is 6.16. The molecule has 0 aromatic heterocycles. The Morgan fingerprint density at radius 2 is 1.70 bits per heavy atom. The number of carboxylic acids is 1. The molecule has 1 aromatic carbocycles. The Balaban J connectivity index is 1.52. The van der Waals surface area contributed by atoms with E-state index in [-0.39, 0.29) is 17.9 Å². The van der Waals surface area contributed by atoms with Gasteiger partial charge in [-0.1, -0.05) is 0 Å². The molecule has 2 saturated heterocycles. The molecule has 27 heavy (non-hydrogen) atoms. The van der Waals surface area contributed by atoms with Crippen LogP contribution in [0.5, 0.6) is 5.75 Å². The number of amides is 3. The molecule has 2 aliphatic rings. The number of hydrogen-bond donors (Lipinski definition) is 2. The molecule has 1 atom stereocenters. The van der Waals surface area contributed by atoms with E-state index in [4.69, 9.17) is 9.84 Å². The van der Waals surface area contributed by atoms with Crippen LogP contribution in [0.4, 0.5) is 10.5 Å². The van der Waals surface area contributed by atoms with Gasteiger partial charge in [-0.2, -0.15) is 0 Å². The van der Waals surface area contributed by atoms with Crippen molar-refractivity contribution in [1.82, 2.24) is 9.80 Å². The summed E-state index contributed by atoms with van der Waals surface area (Å²) in [5.74, 6) is -0.950. The number of piperidine rings is 1. The lowest BCUT2D eigenvalue weighted by Crippen LogP contribution is -2.48. The summed E-state index contributed by atoms with van der Waals surface area (Å²) in [6, 6.07) is 6.62. The van der Waals surface area contributed by atoms with Gasteiger partial charge in [0, 0.05) is 31.9 Å². The maximum atomic E-state index is 12.6. The number of ether oxygens (including phenoxy) is 1. The number of hydrogen-bond acceptors (Lipinski definition) is 4. The first-order chi connectivity index (χ1) is 13.0. The van der Waals surface area contributed by atoms with Crippen molar-refractivity contribution >= 4 is 23.6 Å². The molecule has 2 fully saturated rings. The van der Waals surface area contributed by atoms with Gasteiger partial charge in [-0.15, -0.1) is 0 Å². The molecule has 146 valence electrons. The van der Waals surface area contributed by atoms with E-state index >= 15 is 0 Å². The summed E-state index contributed by atoms with van der Waals surface area (Å²) in [7, 11) is 0. The number of carbonyl (C=O) groups is 3. The first-order valence-electron chi connectivity index (χ1n) is 9.32. The molecule has 0 spiro atoms. The zero-order valence-electron chi connectivity index (χ0n) is 15.2. The van der Waals surface area contributed by atoms with Gasteiger partial charge in [0.05, 0.1) is 5.92 Å². The molecular weight excluding hydrogens is 350 g/mol. The highest BCUT2D eigenvalue weighted by Gasteiger charge is 2.31. The molecule has 3 rings (SSSR count). The summed E-state index contributed by atoms with van der Waals surface area (Å²) in [4.78, 5) is 39.3. The minimum Gasteiger partial charge on any atom is -0.482 e. The number of anilines is 1. The standard InChI is InChI=1S/C19H25N3O5/c23-17(24)13-27-16-7-5-15(6-8-16)20-18(25)14-4-3-11-22(12-14)19(26)21-9-1-2-10-21/h5-8,14H,1-4,9-13H2,(H,20,25)(H,23,24). The first-order valence-corrected chi connectivity index (χ1v) is 9.32. The zero-order chi connectivity index (χ0) is 19.2. The van der Waals surface area contributed by atoms with Gasteiger partial charge in [-0.25, -0.2) is 9.59 Å². The first kappa shape index (κ1) is 19.0. The number of rotatable bonds is 5. The molecule has 8 nitrogen and oxygen atoms in total. The highest BCUT2D eigenvalue weighted by Crippen LogP contribution is 2.22. The molecule has 0 aliphatic carbocycles. The molecule has 0 saturated carbocycles. The third-order valence-corrected chi connectivity index (χ3v) is 4.92. The van der Waals surface area contributed by atoms with Crippen LogP contribution in [0.2, 0.25) is 0 Å². The Labute approximate surface area is 158 Å². The molecule has 2 heterocycles. The number of nitrogens with one attached hydrogen (secondary N) is 1. The minimum absolute atomic E-state index is 0.0462. The lowest BCUT2D eigenvalue weighted by atomic mass is 9.97. The number of aliphatic carboxylic acids is 1. The van der Waals surface area contributed by atoms with E-state index in [1.54, 1.807) is 29.2 Å². The van der Waals surface area contributed by atoms with Crippen molar-refractivity contribution in [2.24, 2.45) is 5.92 Å². The van der Waals surface area contributed by atoms with E-state index in [2.05, 4.69) is 5.32 Å². The SMILES string of the molecule is O=C(O)COc1ccc(NC(=O)C2CCCN(C(=O)N3CCCC3)C2)cc1. The summed E-state index contributed by atoms with van der Waals surface area (Å²) in [6.45, 7) is 2.36. The van der Waals surface area contributed by atoms with E-state index in [0.29, 0.717) is 24.5 Å². The highest BCUT2D eigenvalue weighted by atomic mass is 16.5. The van der Waals surface area contributed by atoms with E-state index in [0.717, 1.165) is 38.8 Å². The lowest BCUT2D eigenvalue weighted by Gasteiger charge is -2.34. The van der Waals surface area contributed by atoms with Crippen molar-refractivity contribution < 1.29 is 24.2 Å². The fraction of sp³-hybridized carbons (Fsp3) is 0.526. The van der Waals surface area contributed by atoms with E-state index in [1.807, 2.05) is 4.90 Å². The summed E-state index contributed by atoms with van der Waals surface area (Å²) < 4.78 is 5.07. The molecule has 0 bridgehead atoms. The summed E-state index contributed by atoms with van der Waals surface area (Å²) in [5, 5.41) is 11.5. The Hall–Kier alpha value is -2.77. The fourth-order valence-electron chi connectivity index (χ4n) is 3.50. The van der Waals surface area contributed by atoms with Crippen molar-refractivity contribution in [2.75, 3.05) is 38.1 Å². The predicted molar refractivity (Wildman–Crippen MR) is 98.7 cm³/mol. The van der Waals surface area contributed by atoms with Crippen LogP contribution >= 0.6 is 0 Å². The molecule has 0 radical (unpaired) electrons. The van der Waals surface area contributed by atoms with E-state index in [9.17, 15) is 14.4 Å². The quantitative estimate of drug-likeness (QED) is 0.820. The molecule has 1 unspecified atom stereocenters. The molecule has 2 aliphatic heterocycles. The average molecular weight is 375 g/mol. The number of nitrogens with zero attached hydrogens (tertiary/aromatic N) is 2. The van der Waals surface area contributed by atoms with Crippen molar-refractivity contribution in [3.63, 3.8) is 0 Å². The second kappa shape index (κ2) is 8.75. The number of carbonyl (C=O) groups excluding carboxylic acids is 2. The van der Waals surface area contributed by atoms with Crippen LogP contribution in [0, 0.1) is 5.92 Å². The number of likely N-dealkylation sites (tertiary alicyclic amines) is 2. The highest BCUT2D eigenvalue weighted by molar-refractivity contribution is 5.93. The van der Waals surface area contributed by atoms with Gasteiger partial charge in [-0.05, 0) is 49.9 Å². The van der Waals surface area contributed by atoms with Crippen LogP contribution < -0.4 is 10.1 Å². The second-order valence-electron chi connectivity index (χ2n) is 6.96. The number of benzene rings is 1.